The van der Waals surface area contributed by atoms with Crippen molar-refractivity contribution in [3.63, 3.8) is 0 Å². The van der Waals surface area contributed by atoms with Crippen molar-refractivity contribution in [3.05, 3.63) is 63.8 Å². The molecule has 3 aromatic heterocycles. The smallest absolute Gasteiger partial charge is 0.398 e. The zero-order chi connectivity index (χ0) is 29.0. The molecule has 1 unspecified atom stereocenters. The summed E-state index contributed by atoms with van der Waals surface area (Å²) < 4.78 is 126. The molecule has 0 amide bonds. The number of fused-ring (bicyclic) bond motifs is 2. The lowest BCUT2D eigenvalue weighted by Crippen LogP contribution is -2.17. The molecule has 0 radical (unpaired) electrons. The van der Waals surface area contributed by atoms with Crippen molar-refractivity contribution in [1.82, 2.24) is 24.9 Å². The number of aromatic nitrogens is 5. The highest BCUT2D eigenvalue weighted by Gasteiger charge is 2.35. The van der Waals surface area contributed by atoms with Crippen molar-refractivity contribution in [3.8, 4) is 23.4 Å². The number of ether oxygens (including phenoxy) is 1. The average molecular weight is 570 g/mol. The fraction of sp³-hybridized carbons (Fsp3) is 0.136. The van der Waals surface area contributed by atoms with Crippen LogP contribution in [0.25, 0.3) is 50.5 Å². The van der Waals surface area contributed by atoms with Crippen LogP contribution >= 0.6 is 0 Å². The van der Waals surface area contributed by atoms with Gasteiger partial charge in [0.15, 0.2) is 45.5 Å². The average Bonchev–Trinajstić information content (AvgIpc) is 3.59. The SMILES string of the molecule is [C-]#[N+]C(C(=O)OCC)c1nc(-c2nc3c(F)c(F)c(F)c(F)c3o2)nc(-c2nc3c(F)c(F)c(F)c(F)c3o2)n1. The van der Waals surface area contributed by atoms with Crippen molar-refractivity contribution in [2.75, 3.05) is 6.61 Å². The summed E-state index contributed by atoms with van der Waals surface area (Å²) in [6.07, 6.45) is 0. The van der Waals surface area contributed by atoms with Gasteiger partial charge in [-0.3, -0.25) is 4.85 Å². The number of carbonyl (C=O) groups is 1. The largest absolute Gasteiger partial charge is 0.460 e. The third-order valence-electron chi connectivity index (χ3n) is 5.14. The van der Waals surface area contributed by atoms with Gasteiger partial charge >= 0.3 is 12.0 Å². The van der Waals surface area contributed by atoms with Crippen molar-refractivity contribution < 1.29 is 53.5 Å². The summed E-state index contributed by atoms with van der Waals surface area (Å²) in [5.41, 5.74) is -4.70. The van der Waals surface area contributed by atoms with E-state index in [1.807, 2.05) is 0 Å². The maximum absolute atomic E-state index is 14.2. The lowest BCUT2D eigenvalue weighted by atomic mass is 10.3. The molecule has 1 atom stereocenters. The summed E-state index contributed by atoms with van der Waals surface area (Å²) in [7, 11) is 0. The first-order valence-corrected chi connectivity index (χ1v) is 10.5. The number of rotatable bonds is 5. The highest BCUT2D eigenvalue weighted by molar-refractivity contribution is 5.80. The summed E-state index contributed by atoms with van der Waals surface area (Å²) in [5.74, 6) is -22.3. The molecule has 0 aliphatic carbocycles. The minimum absolute atomic E-state index is 0.197. The van der Waals surface area contributed by atoms with E-state index in [9.17, 15) is 39.9 Å². The van der Waals surface area contributed by atoms with Gasteiger partial charge in [-0.1, -0.05) is 0 Å². The molecule has 204 valence electrons. The predicted octanol–water partition coefficient (Wildman–Crippen LogP) is 5.12. The first kappa shape index (κ1) is 26.4. The van der Waals surface area contributed by atoms with Crippen LogP contribution in [0.15, 0.2) is 8.83 Å². The molecule has 3 heterocycles. The summed E-state index contributed by atoms with van der Waals surface area (Å²) in [4.78, 5) is 33.5. The minimum Gasteiger partial charge on any atom is -0.460 e. The van der Waals surface area contributed by atoms with E-state index < -0.39 is 110 Å². The molecule has 2 aromatic carbocycles. The molecule has 0 aliphatic heterocycles. The van der Waals surface area contributed by atoms with Gasteiger partial charge in [-0.2, -0.15) is 23.7 Å². The zero-order valence-corrected chi connectivity index (χ0v) is 19.1. The summed E-state index contributed by atoms with van der Waals surface area (Å²) in [6, 6.07) is -1.94. The standard InChI is InChI=1S/C22H6F8N6O4/c1-3-38-22(37)14(31-2)17-34-18(20-32-12-8(27)4(23)6(25)10(29)15(12)39-20)36-19(35-17)21-33-13-9(28)5(24)7(26)11(30)16(13)40-21/h14H,3H2,1H3. The van der Waals surface area contributed by atoms with E-state index in [0.29, 0.717) is 0 Å². The Morgan fingerprint density at radius 1 is 0.725 bits per heavy atom. The first-order chi connectivity index (χ1) is 19.0. The van der Waals surface area contributed by atoms with Crippen molar-refractivity contribution in [2.45, 2.75) is 13.0 Å². The van der Waals surface area contributed by atoms with Gasteiger partial charge in [-0.25, -0.2) is 47.7 Å². The third kappa shape index (κ3) is 3.93. The van der Waals surface area contributed by atoms with Crippen molar-refractivity contribution >= 4 is 28.2 Å². The van der Waals surface area contributed by atoms with Gasteiger partial charge in [-0.05, 0) is 6.92 Å². The monoisotopic (exact) mass is 570 g/mol. The fourth-order valence-corrected chi connectivity index (χ4v) is 3.36. The van der Waals surface area contributed by atoms with Gasteiger partial charge in [0.1, 0.15) is 0 Å². The molecule has 5 rings (SSSR count). The number of carbonyl (C=O) groups excluding carboxylic acids is 1. The molecule has 18 heteroatoms. The zero-order valence-electron chi connectivity index (χ0n) is 19.1. The van der Waals surface area contributed by atoms with E-state index in [0.717, 1.165) is 0 Å². The lowest BCUT2D eigenvalue weighted by Gasteiger charge is -2.06. The summed E-state index contributed by atoms with van der Waals surface area (Å²) in [5, 5.41) is 0. The Morgan fingerprint density at radius 2 is 1.15 bits per heavy atom. The molecule has 10 nitrogen and oxygen atoms in total. The molecule has 40 heavy (non-hydrogen) atoms. The predicted molar refractivity (Wildman–Crippen MR) is 111 cm³/mol. The molecule has 0 fully saturated rings. The normalized spacial score (nSPS) is 12.2. The molecule has 0 saturated carbocycles. The number of oxazole rings is 2. The molecular weight excluding hydrogens is 564 g/mol. The van der Waals surface area contributed by atoms with E-state index in [1.165, 1.54) is 6.92 Å². The van der Waals surface area contributed by atoms with Crippen molar-refractivity contribution in [2.24, 2.45) is 0 Å². The van der Waals surface area contributed by atoms with Crippen LogP contribution in [0.5, 0.6) is 0 Å². The number of esters is 1. The Hall–Kier alpha value is -5.21. The van der Waals surface area contributed by atoms with Crippen LogP contribution < -0.4 is 0 Å². The maximum Gasteiger partial charge on any atom is 0.398 e. The Labute approximate surface area is 214 Å². The number of nitrogens with zero attached hydrogens (tertiary/aromatic N) is 6. The van der Waals surface area contributed by atoms with Gasteiger partial charge in [-0.15, -0.1) is 0 Å². The number of hydrogen-bond acceptors (Lipinski definition) is 9. The quantitative estimate of drug-likeness (QED) is 0.0932. The van der Waals surface area contributed by atoms with Gasteiger partial charge in [0.2, 0.25) is 40.7 Å². The minimum atomic E-state index is -2.23. The van der Waals surface area contributed by atoms with Gasteiger partial charge in [0.05, 0.1) is 6.61 Å². The van der Waals surface area contributed by atoms with Gasteiger partial charge in [0, 0.05) is 0 Å². The summed E-state index contributed by atoms with van der Waals surface area (Å²) >= 11 is 0. The molecular formula is C22H6F8N6O4. The van der Waals surface area contributed by atoms with Gasteiger partial charge in [0.25, 0.3) is 11.8 Å². The van der Waals surface area contributed by atoms with Crippen LogP contribution in [0.3, 0.4) is 0 Å². The Morgan fingerprint density at radius 3 is 1.55 bits per heavy atom. The molecule has 0 bridgehead atoms. The second-order valence-electron chi connectivity index (χ2n) is 7.53. The first-order valence-electron chi connectivity index (χ1n) is 10.5. The Bertz CT molecular complexity index is 1710. The second kappa shape index (κ2) is 9.52. The Kier molecular flexibility index (Phi) is 6.28. The van der Waals surface area contributed by atoms with Crippen LogP contribution in [-0.4, -0.2) is 37.5 Å². The van der Waals surface area contributed by atoms with Crippen LogP contribution in [0, 0.1) is 53.1 Å². The highest BCUT2D eigenvalue weighted by atomic mass is 19.2. The van der Waals surface area contributed by atoms with E-state index >= 15 is 0 Å². The van der Waals surface area contributed by atoms with E-state index in [4.69, 9.17) is 20.1 Å². The second-order valence-corrected chi connectivity index (χ2v) is 7.53. The molecule has 0 saturated heterocycles. The molecule has 0 aliphatic rings. The van der Waals surface area contributed by atoms with E-state index in [2.05, 4.69) is 29.8 Å². The number of halogens is 8. The Balaban J connectivity index is 1.78. The molecule has 0 N–H and O–H groups in total. The van der Waals surface area contributed by atoms with E-state index in [-0.39, 0.29) is 6.61 Å². The van der Waals surface area contributed by atoms with Crippen molar-refractivity contribution in [1.29, 1.82) is 0 Å². The molecule has 5 aromatic rings. The summed E-state index contributed by atoms with van der Waals surface area (Å²) in [6.45, 7) is 8.53. The van der Waals surface area contributed by atoms with Crippen LogP contribution in [-0.2, 0) is 9.53 Å². The van der Waals surface area contributed by atoms with Gasteiger partial charge < -0.3 is 13.6 Å². The lowest BCUT2D eigenvalue weighted by molar-refractivity contribution is -0.143. The maximum atomic E-state index is 14.2. The van der Waals surface area contributed by atoms with Crippen LogP contribution in [0.2, 0.25) is 0 Å². The third-order valence-corrected chi connectivity index (χ3v) is 5.14. The molecule has 0 spiro atoms. The topological polar surface area (TPSA) is 121 Å². The van der Waals surface area contributed by atoms with Crippen LogP contribution in [0.4, 0.5) is 35.1 Å². The fourth-order valence-electron chi connectivity index (χ4n) is 3.36. The highest BCUT2D eigenvalue weighted by Crippen LogP contribution is 2.33. The van der Waals surface area contributed by atoms with Crippen LogP contribution in [0.1, 0.15) is 18.8 Å². The number of benzene rings is 2. The number of hydrogen-bond donors (Lipinski definition) is 0. The van der Waals surface area contributed by atoms with E-state index in [1.54, 1.807) is 0 Å².